The third kappa shape index (κ3) is 3.69. The average Bonchev–Trinajstić information content (AvgIpc) is 2.39. The van der Waals surface area contributed by atoms with Crippen molar-refractivity contribution >= 4 is 21.6 Å². The predicted molar refractivity (Wildman–Crippen MR) is 76.9 cm³/mol. The highest BCUT2D eigenvalue weighted by Gasteiger charge is 2.29. The molecule has 108 valence electrons. The molecule has 0 N–H and O–H groups in total. The molecule has 0 aliphatic carbocycles. The third-order valence-corrected chi connectivity index (χ3v) is 5.39. The second kappa shape index (κ2) is 7.24. The Hall–Kier alpha value is -0.620. The van der Waals surface area contributed by atoms with Gasteiger partial charge in [-0.15, -0.1) is 11.6 Å². The fourth-order valence-electron chi connectivity index (χ4n) is 2.04. The summed E-state index contributed by atoms with van der Waals surface area (Å²) in [5.74, 6) is 0.172. The van der Waals surface area contributed by atoms with Gasteiger partial charge in [-0.05, 0) is 18.6 Å². The zero-order chi connectivity index (χ0) is 14.5. The predicted octanol–water partition coefficient (Wildman–Crippen LogP) is 2.47. The molecule has 0 fully saturated rings. The van der Waals surface area contributed by atoms with E-state index >= 15 is 0 Å². The largest absolute Gasteiger partial charge is 0.383 e. The van der Waals surface area contributed by atoms with Crippen molar-refractivity contribution in [2.75, 3.05) is 20.3 Å². The molecule has 1 atom stereocenters. The molecule has 0 heterocycles. The van der Waals surface area contributed by atoms with Crippen LogP contribution in [-0.4, -0.2) is 39.0 Å². The summed E-state index contributed by atoms with van der Waals surface area (Å²) < 4.78 is 31.8. The number of likely N-dealkylation sites (N-methyl/N-ethyl adjacent to an activating group) is 1. The van der Waals surface area contributed by atoms with Gasteiger partial charge in [0.2, 0.25) is 10.0 Å². The van der Waals surface area contributed by atoms with Gasteiger partial charge in [0, 0.05) is 25.6 Å². The SMILES string of the molecule is CCN(C(C)COC)S(=O)(=O)c1ccccc1CCl. The van der Waals surface area contributed by atoms with Gasteiger partial charge in [0.1, 0.15) is 0 Å². The Morgan fingerprint density at radius 3 is 2.53 bits per heavy atom. The van der Waals surface area contributed by atoms with Crippen LogP contribution in [0.5, 0.6) is 0 Å². The number of nitrogens with zero attached hydrogens (tertiary/aromatic N) is 1. The van der Waals surface area contributed by atoms with Gasteiger partial charge in [0.15, 0.2) is 0 Å². The molecule has 0 aliphatic rings. The molecule has 19 heavy (non-hydrogen) atoms. The Balaban J connectivity index is 3.20. The highest BCUT2D eigenvalue weighted by Crippen LogP contribution is 2.23. The van der Waals surface area contributed by atoms with E-state index in [0.29, 0.717) is 18.7 Å². The lowest BCUT2D eigenvalue weighted by Gasteiger charge is -2.27. The molecule has 0 bridgehead atoms. The summed E-state index contributed by atoms with van der Waals surface area (Å²) in [4.78, 5) is 0.273. The molecular formula is C13H20ClNO3S. The molecule has 4 nitrogen and oxygen atoms in total. The first-order valence-corrected chi connectivity index (χ1v) is 8.11. The first kappa shape index (κ1) is 16.4. The Morgan fingerprint density at radius 1 is 1.37 bits per heavy atom. The van der Waals surface area contributed by atoms with E-state index in [1.807, 2.05) is 13.8 Å². The van der Waals surface area contributed by atoms with Crippen LogP contribution in [0, 0.1) is 0 Å². The maximum atomic E-state index is 12.7. The summed E-state index contributed by atoms with van der Waals surface area (Å²) in [5, 5.41) is 0. The van der Waals surface area contributed by atoms with Crippen molar-refractivity contribution in [3.63, 3.8) is 0 Å². The standard InChI is InChI=1S/C13H20ClNO3S/c1-4-15(11(2)10-18-3)19(16,17)13-8-6-5-7-12(13)9-14/h5-8,11H,4,9-10H2,1-3H3. The molecule has 0 aromatic heterocycles. The minimum Gasteiger partial charge on any atom is -0.383 e. The number of benzene rings is 1. The summed E-state index contributed by atoms with van der Waals surface area (Å²) in [6.07, 6.45) is 0. The van der Waals surface area contributed by atoms with Gasteiger partial charge in [0.05, 0.1) is 11.5 Å². The van der Waals surface area contributed by atoms with Crippen molar-refractivity contribution in [3.05, 3.63) is 29.8 Å². The fourth-order valence-corrected chi connectivity index (χ4v) is 4.20. The van der Waals surface area contributed by atoms with Crippen LogP contribution < -0.4 is 0 Å². The number of rotatable bonds is 7. The number of ether oxygens (including phenoxy) is 1. The molecule has 0 radical (unpaired) electrons. The van der Waals surface area contributed by atoms with Crippen molar-refractivity contribution in [1.29, 1.82) is 0 Å². The van der Waals surface area contributed by atoms with Crippen LogP contribution in [0.15, 0.2) is 29.2 Å². The second-order valence-corrected chi connectivity index (χ2v) is 6.38. The zero-order valence-electron chi connectivity index (χ0n) is 11.5. The maximum Gasteiger partial charge on any atom is 0.243 e. The van der Waals surface area contributed by atoms with E-state index in [9.17, 15) is 8.42 Å². The number of methoxy groups -OCH3 is 1. The van der Waals surface area contributed by atoms with E-state index in [1.165, 1.54) is 4.31 Å². The molecule has 0 aliphatic heterocycles. The highest BCUT2D eigenvalue weighted by molar-refractivity contribution is 7.89. The average molecular weight is 306 g/mol. The van der Waals surface area contributed by atoms with Gasteiger partial charge >= 0.3 is 0 Å². The lowest BCUT2D eigenvalue weighted by atomic mass is 10.2. The van der Waals surface area contributed by atoms with Gasteiger partial charge in [0.25, 0.3) is 0 Å². The van der Waals surface area contributed by atoms with E-state index in [0.717, 1.165) is 0 Å². The Labute approximate surface area is 120 Å². The number of sulfonamides is 1. The van der Waals surface area contributed by atoms with Crippen molar-refractivity contribution in [3.8, 4) is 0 Å². The molecular weight excluding hydrogens is 286 g/mol. The first-order chi connectivity index (χ1) is 8.98. The Kier molecular flexibility index (Phi) is 6.26. The molecule has 1 rings (SSSR count). The quantitative estimate of drug-likeness (QED) is 0.727. The summed E-state index contributed by atoms with van der Waals surface area (Å²) in [6, 6.07) is 6.59. The van der Waals surface area contributed by atoms with Crippen LogP contribution in [0.2, 0.25) is 0 Å². The van der Waals surface area contributed by atoms with E-state index in [-0.39, 0.29) is 16.8 Å². The normalized spacial score (nSPS) is 13.7. The summed E-state index contributed by atoms with van der Waals surface area (Å²) >= 11 is 5.82. The number of halogens is 1. The fraction of sp³-hybridized carbons (Fsp3) is 0.538. The van der Waals surface area contributed by atoms with Crippen molar-refractivity contribution in [2.24, 2.45) is 0 Å². The van der Waals surface area contributed by atoms with E-state index in [4.69, 9.17) is 16.3 Å². The molecule has 0 saturated carbocycles. The lowest BCUT2D eigenvalue weighted by molar-refractivity contribution is 0.142. The Morgan fingerprint density at radius 2 is 2.00 bits per heavy atom. The molecule has 1 unspecified atom stereocenters. The van der Waals surface area contributed by atoms with Crippen molar-refractivity contribution < 1.29 is 13.2 Å². The van der Waals surface area contributed by atoms with Crippen LogP contribution in [-0.2, 0) is 20.6 Å². The maximum absolute atomic E-state index is 12.7. The number of hydrogen-bond acceptors (Lipinski definition) is 3. The minimum absolute atomic E-state index is 0.172. The Bertz CT molecular complexity index is 504. The van der Waals surface area contributed by atoms with Gasteiger partial charge in [-0.2, -0.15) is 4.31 Å². The van der Waals surface area contributed by atoms with E-state index in [2.05, 4.69) is 0 Å². The monoisotopic (exact) mass is 305 g/mol. The van der Waals surface area contributed by atoms with Gasteiger partial charge in [-0.3, -0.25) is 0 Å². The summed E-state index contributed by atoms with van der Waals surface area (Å²) in [7, 11) is -1.99. The van der Waals surface area contributed by atoms with Gasteiger partial charge in [-0.1, -0.05) is 25.1 Å². The molecule has 0 spiro atoms. The number of hydrogen-bond donors (Lipinski definition) is 0. The lowest BCUT2D eigenvalue weighted by Crippen LogP contribution is -2.41. The van der Waals surface area contributed by atoms with Crippen molar-refractivity contribution in [1.82, 2.24) is 4.31 Å². The van der Waals surface area contributed by atoms with Crippen LogP contribution >= 0.6 is 11.6 Å². The van der Waals surface area contributed by atoms with Gasteiger partial charge < -0.3 is 4.74 Å². The topological polar surface area (TPSA) is 46.6 Å². The first-order valence-electron chi connectivity index (χ1n) is 6.13. The summed E-state index contributed by atoms with van der Waals surface area (Å²) in [6.45, 7) is 4.39. The van der Waals surface area contributed by atoms with Crippen molar-refractivity contribution in [2.45, 2.75) is 30.7 Å². The van der Waals surface area contributed by atoms with Crippen LogP contribution in [0.3, 0.4) is 0 Å². The van der Waals surface area contributed by atoms with Gasteiger partial charge in [-0.25, -0.2) is 8.42 Å². The molecule has 6 heteroatoms. The van der Waals surface area contributed by atoms with E-state index in [1.54, 1.807) is 31.4 Å². The molecule has 0 amide bonds. The molecule has 0 saturated heterocycles. The third-order valence-electron chi connectivity index (χ3n) is 2.91. The number of alkyl halides is 1. The van der Waals surface area contributed by atoms with E-state index < -0.39 is 10.0 Å². The van der Waals surface area contributed by atoms with Crippen LogP contribution in [0.25, 0.3) is 0 Å². The van der Waals surface area contributed by atoms with Crippen LogP contribution in [0.4, 0.5) is 0 Å². The zero-order valence-corrected chi connectivity index (χ0v) is 13.0. The van der Waals surface area contributed by atoms with Crippen LogP contribution in [0.1, 0.15) is 19.4 Å². The molecule has 1 aromatic carbocycles. The highest BCUT2D eigenvalue weighted by atomic mass is 35.5. The second-order valence-electron chi connectivity index (χ2n) is 4.25. The minimum atomic E-state index is -3.55. The smallest absolute Gasteiger partial charge is 0.243 e. The summed E-state index contributed by atoms with van der Waals surface area (Å²) in [5.41, 5.74) is 0.618. The molecule has 1 aromatic rings.